The van der Waals surface area contributed by atoms with Crippen molar-refractivity contribution in [3.8, 4) is 0 Å². The van der Waals surface area contributed by atoms with Crippen LogP contribution in [-0.2, 0) is 4.79 Å². The summed E-state index contributed by atoms with van der Waals surface area (Å²) in [5, 5.41) is 3.90. The van der Waals surface area contributed by atoms with E-state index in [1.54, 1.807) is 0 Å². The summed E-state index contributed by atoms with van der Waals surface area (Å²) >= 11 is 0. The van der Waals surface area contributed by atoms with Gasteiger partial charge in [0.2, 0.25) is 5.91 Å². The van der Waals surface area contributed by atoms with Gasteiger partial charge in [-0.2, -0.15) is 0 Å². The lowest BCUT2D eigenvalue weighted by molar-refractivity contribution is -0.117. The van der Waals surface area contributed by atoms with Crippen LogP contribution in [0.25, 0.3) is 10.9 Å². The standard InChI is InChI=1S/C16H21N3O/c1-10(2)9-13(17)16(20)19-14-6-4-5-12-8-7-11(3)18-15(12)14/h4-8,10,13H,9,17H2,1-3H3,(H,19,20)/t13-/m1/s1. The summed E-state index contributed by atoms with van der Waals surface area (Å²) in [7, 11) is 0. The van der Waals surface area contributed by atoms with Gasteiger partial charge < -0.3 is 11.1 Å². The molecule has 3 N–H and O–H groups in total. The van der Waals surface area contributed by atoms with Crippen LogP contribution in [-0.4, -0.2) is 16.9 Å². The summed E-state index contributed by atoms with van der Waals surface area (Å²) in [5.41, 5.74) is 8.35. The highest BCUT2D eigenvalue weighted by Gasteiger charge is 2.16. The molecule has 2 aromatic rings. The number of aryl methyl sites for hydroxylation is 1. The number of carbonyl (C=O) groups excluding carboxylic acids is 1. The van der Waals surface area contributed by atoms with Gasteiger partial charge in [0.1, 0.15) is 0 Å². The van der Waals surface area contributed by atoms with Gasteiger partial charge in [-0.3, -0.25) is 9.78 Å². The van der Waals surface area contributed by atoms with Crippen LogP contribution in [0, 0.1) is 12.8 Å². The molecule has 1 heterocycles. The number of anilines is 1. The Kier molecular flexibility index (Phi) is 4.35. The smallest absolute Gasteiger partial charge is 0.241 e. The second-order valence-corrected chi connectivity index (χ2v) is 5.56. The van der Waals surface area contributed by atoms with Crippen molar-refractivity contribution in [2.75, 3.05) is 5.32 Å². The minimum absolute atomic E-state index is 0.158. The van der Waals surface area contributed by atoms with Crippen LogP contribution >= 0.6 is 0 Å². The number of benzene rings is 1. The van der Waals surface area contributed by atoms with E-state index in [9.17, 15) is 4.79 Å². The summed E-state index contributed by atoms with van der Waals surface area (Å²) in [6, 6.07) is 9.21. The highest BCUT2D eigenvalue weighted by Crippen LogP contribution is 2.22. The zero-order chi connectivity index (χ0) is 14.7. The second kappa shape index (κ2) is 6.01. The summed E-state index contributed by atoms with van der Waals surface area (Å²) < 4.78 is 0. The molecular weight excluding hydrogens is 250 g/mol. The van der Waals surface area contributed by atoms with E-state index in [2.05, 4.69) is 24.1 Å². The van der Waals surface area contributed by atoms with Gasteiger partial charge >= 0.3 is 0 Å². The number of amides is 1. The molecule has 0 aliphatic rings. The second-order valence-electron chi connectivity index (χ2n) is 5.56. The summed E-state index contributed by atoms with van der Waals surface area (Å²) in [6.45, 7) is 6.04. The summed E-state index contributed by atoms with van der Waals surface area (Å²) in [6.07, 6.45) is 0.670. The predicted octanol–water partition coefficient (Wildman–Crippen LogP) is 2.86. The lowest BCUT2D eigenvalue weighted by Crippen LogP contribution is -2.36. The number of nitrogens with two attached hydrogens (primary N) is 1. The highest BCUT2D eigenvalue weighted by molar-refractivity contribution is 6.02. The minimum Gasteiger partial charge on any atom is -0.323 e. The SMILES string of the molecule is Cc1ccc2cccc(NC(=O)[C@H](N)CC(C)C)c2n1. The van der Waals surface area contributed by atoms with Crippen molar-refractivity contribution in [1.29, 1.82) is 0 Å². The number of pyridine rings is 1. The number of rotatable bonds is 4. The molecule has 106 valence electrons. The number of carbonyl (C=O) groups is 1. The van der Waals surface area contributed by atoms with E-state index in [1.807, 2.05) is 37.3 Å². The summed E-state index contributed by atoms with van der Waals surface area (Å²) in [4.78, 5) is 16.6. The van der Waals surface area contributed by atoms with Crippen molar-refractivity contribution in [3.63, 3.8) is 0 Å². The molecule has 0 saturated carbocycles. The van der Waals surface area contributed by atoms with Crippen LogP contribution in [0.3, 0.4) is 0 Å². The normalized spacial score (nSPS) is 12.7. The minimum atomic E-state index is -0.491. The van der Waals surface area contributed by atoms with Crippen molar-refractivity contribution in [1.82, 2.24) is 4.98 Å². The van der Waals surface area contributed by atoms with Crippen molar-refractivity contribution in [2.24, 2.45) is 11.7 Å². The van der Waals surface area contributed by atoms with Gasteiger partial charge in [-0.1, -0.05) is 32.0 Å². The molecule has 2 rings (SSSR count). The third kappa shape index (κ3) is 3.33. The van der Waals surface area contributed by atoms with Gasteiger partial charge in [0.15, 0.2) is 0 Å². The van der Waals surface area contributed by atoms with Crippen LogP contribution in [0.15, 0.2) is 30.3 Å². The van der Waals surface area contributed by atoms with Gasteiger partial charge in [-0.25, -0.2) is 0 Å². The average Bonchev–Trinajstić information content (AvgIpc) is 2.38. The van der Waals surface area contributed by atoms with E-state index < -0.39 is 6.04 Å². The molecule has 20 heavy (non-hydrogen) atoms. The first-order valence-corrected chi connectivity index (χ1v) is 6.90. The Bertz CT molecular complexity index is 622. The number of nitrogens with one attached hydrogen (secondary N) is 1. The topological polar surface area (TPSA) is 68.0 Å². The van der Waals surface area contributed by atoms with Crippen molar-refractivity contribution in [2.45, 2.75) is 33.2 Å². The third-order valence-corrected chi connectivity index (χ3v) is 3.18. The number of hydrogen-bond donors (Lipinski definition) is 2. The molecule has 0 unspecified atom stereocenters. The van der Waals surface area contributed by atoms with E-state index in [0.29, 0.717) is 12.3 Å². The number of hydrogen-bond acceptors (Lipinski definition) is 3. The first-order valence-electron chi connectivity index (χ1n) is 6.90. The molecule has 4 nitrogen and oxygen atoms in total. The Hall–Kier alpha value is -1.94. The van der Waals surface area contributed by atoms with E-state index >= 15 is 0 Å². The van der Waals surface area contributed by atoms with Crippen molar-refractivity contribution in [3.05, 3.63) is 36.0 Å². The first-order chi connectivity index (χ1) is 9.47. The Morgan fingerprint density at radius 2 is 2.05 bits per heavy atom. The van der Waals surface area contributed by atoms with E-state index in [1.165, 1.54) is 0 Å². The quantitative estimate of drug-likeness (QED) is 0.898. The first kappa shape index (κ1) is 14.5. The molecule has 1 aromatic carbocycles. The maximum atomic E-state index is 12.1. The molecule has 0 aliphatic carbocycles. The molecule has 0 spiro atoms. The predicted molar refractivity (Wildman–Crippen MR) is 82.5 cm³/mol. The van der Waals surface area contributed by atoms with Gasteiger partial charge in [0, 0.05) is 11.1 Å². The molecule has 1 atom stereocenters. The van der Waals surface area contributed by atoms with Gasteiger partial charge in [-0.15, -0.1) is 0 Å². The molecule has 1 amide bonds. The number of nitrogens with zero attached hydrogens (tertiary/aromatic N) is 1. The maximum absolute atomic E-state index is 12.1. The monoisotopic (exact) mass is 271 g/mol. The third-order valence-electron chi connectivity index (χ3n) is 3.18. The fourth-order valence-corrected chi connectivity index (χ4v) is 2.19. The van der Waals surface area contributed by atoms with Crippen LogP contribution < -0.4 is 11.1 Å². The Balaban J connectivity index is 2.25. The zero-order valence-electron chi connectivity index (χ0n) is 12.2. The fourth-order valence-electron chi connectivity index (χ4n) is 2.19. The van der Waals surface area contributed by atoms with Gasteiger partial charge in [0.05, 0.1) is 17.2 Å². The van der Waals surface area contributed by atoms with Crippen LogP contribution in [0.2, 0.25) is 0 Å². The van der Waals surface area contributed by atoms with Gasteiger partial charge in [-0.05, 0) is 31.4 Å². The molecule has 0 saturated heterocycles. The summed E-state index contributed by atoms with van der Waals surface area (Å²) in [5.74, 6) is 0.234. The van der Waals surface area contributed by atoms with E-state index in [4.69, 9.17) is 5.73 Å². The molecular formula is C16H21N3O. The van der Waals surface area contributed by atoms with Crippen LogP contribution in [0.4, 0.5) is 5.69 Å². The Labute approximate surface area is 119 Å². The van der Waals surface area contributed by atoms with Crippen molar-refractivity contribution >= 4 is 22.5 Å². The molecule has 0 bridgehead atoms. The molecule has 4 heteroatoms. The lowest BCUT2D eigenvalue weighted by atomic mass is 10.0. The maximum Gasteiger partial charge on any atom is 0.241 e. The number of fused-ring (bicyclic) bond motifs is 1. The largest absolute Gasteiger partial charge is 0.323 e. The van der Waals surface area contributed by atoms with E-state index in [-0.39, 0.29) is 5.91 Å². The Morgan fingerprint density at radius 3 is 2.75 bits per heavy atom. The van der Waals surface area contributed by atoms with Crippen LogP contribution in [0.5, 0.6) is 0 Å². The van der Waals surface area contributed by atoms with E-state index in [0.717, 1.165) is 22.3 Å². The average molecular weight is 271 g/mol. The molecule has 0 radical (unpaired) electrons. The van der Waals surface area contributed by atoms with Crippen LogP contribution in [0.1, 0.15) is 26.0 Å². The van der Waals surface area contributed by atoms with Gasteiger partial charge in [0.25, 0.3) is 0 Å². The number of para-hydroxylation sites is 1. The molecule has 0 fully saturated rings. The molecule has 0 aliphatic heterocycles. The fraction of sp³-hybridized carbons (Fsp3) is 0.375. The lowest BCUT2D eigenvalue weighted by Gasteiger charge is -2.15. The molecule has 1 aromatic heterocycles. The van der Waals surface area contributed by atoms with Crippen molar-refractivity contribution < 1.29 is 4.79 Å². The number of aromatic nitrogens is 1. The highest BCUT2D eigenvalue weighted by atomic mass is 16.2. The Morgan fingerprint density at radius 1 is 1.30 bits per heavy atom. The zero-order valence-corrected chi connectivity index (χ0v) is 12.2.